The molecule has 417 valence electrons. The van der Waals surface area contributed by atoms with Gasteiger partial charge in [0, 0.05) is 18.6 Å². The van der Waals surface area contributed by atoms with E-state index in [1.807, 2.05) is 107 Å². The Morgan fingerprint density at radius 3 is 1.01 bits per heavy atom. The molecule has 0 unspecified atom stereocenters. The molecular formula is C65H94Cl5MgNiP3-. The zero-order valence-corrected chi connectivity index (χ0v) is 55.6. The van der Waals surface area contributed by atoms with Crippen LogP contribution in [0.4, 0.5) is 0 Å². The molecule has 0 bridgehead atoms. The summed E-state index contributed by atoms with van der Waals surface area (Å²) >= 11 is 20.4. The zero-order chi connectivity index (χ0) is 51.9. The summed E-state index contributed by atoms with van der Waals surface area (Å²) in [6.07, 6.45) is 36.7. The van der Waals surface area contributed by atoms with Crippen LogP contribution in [0, 0.1) is 33.4 Å². The molecule has 5 aromatic rings. The molecule has 0 heterocycles. The van der Waals surface area contributed by atoms with Crippen molar-refractivity contribution in [1.29, 1.82) is 0 Å². The molecule has 0 radical (unpaired) electrons. The summed E-state index contributed by atoms with van der Waals surface area (Å²) in [6, 6.07) is 54.7. The number of aryl methyl sites for hydroxylation is 2. The van der Waals surface area contributed by atoms with Gasteiger partial charge in [-0.15, -0.1) is 11.6 Å². The predicted molar refractivity (Wildman–Crippen MR) is 342 cm³/mol. The van der Waals surface area contributed by atoms with Gasteiger partial charge in [-0.3, -0.25) is 0 Å². The molecule has 0 atom stereocenters. The first-order valence-electron chi connectivity index (χ1n) is 27.9. The molecule has 75 heavy (non-hydrogen) atoms. The van der Waals surface area contributed by atoms with Crippen LogP contribution in [-0.2, 0) is 14.6 Å². The molecule has 0 spiro atoms. The number of rotatable bonds is 7. The van der Waals surface area contributed by atoms with E-state index in [1.165, 1.54) is 172 Å². The summed E-state index contributed by atoms with van der Waals surface area (Å²) in [6.45, 7) is 7.10. The largest absolute Gasteiger partial charge is 2.00 e. The molecule has 5 aliphatic rings. The van der Waals surface area contributed by atoms with Crippen LogP contribution in [0.1, 0.15) is 185 Å². The fourth-order valence-corrected chi connectivity index (χ4v) is 20.3. The summed E-state index contributed by atoms with van der Waals surface area (Å²) in [5.74, 6) is 0. The fourth-order valence-electron chi connectivity index (χ4n) is 10.9. The second-order valence-corrected chi connectivity index (χ2v) is 29.8. The molecular weight excluding hydrogens is 1130 g/mol. The van der Waals surface area contributed by atoms with Crippen molar-refractivity contribution in [1.82, 2.24) is 0 Å². The van der Waals surface area contributed by atoms with Gasteiger partial charge in [-0.25, -0.2) is 0 Å². The number of benzene rings is 5. The summed E-state index contributed by atoms with van der Waals surface area (Å²) < 4.78 is 0. The van der Waals surface area contributed by atoms with Crippen molar-refractivity contribution in [3.63, 3.8) is 0 Å². The predicted octanol–water partition coefficient (Wildman–Crippen LogP) is 18.7. The number of hydrogen-bond donors (Lipinski definition) is 0. The van der Waals surface area contributed by atoms with Crippen LogP contribution in [0.15, 0.2) is 140 Å². The van der Waals surface area contributed by atoms with Crippen molar-refractivity contribution in [3.8, 4) is 0 Å². The van der Waals surface area contributed by atoms with Crippen LogP contribution >= 0.6 is 66.7 Å². The van der Waals surface area contributed by atoms with Gasteiger partial charge in [-0.2, -0.15) is 71.8 Å². The molecule has 5 saturated carbocycles. The normalized spacial score (nSPS) is 16.9. The third-order valence-corrected chi connectivity index (χ3v) is 24.1. The summed E-state index contributed by atoms with van der Waals surface area (Å²) in [4.78, 5) is 0. The molecule has 5 fully saturated rings. The van der Waals surface area contributed by atoms with E-state index < -0.39 is 6.63 Å². The number of hydrogen-bond acceptors (Lipinski definition) is 0. The molecule has 5 aromatic carbocycles. The molecule has 5 aliphatic carbocycles. The van der Waals surface area contributed by atoms with Gasteiger partial charge in [0.15, 0.2) is 0 Å². The Bertz CT molecular complexity index is 1780. The van der Waals surface area contributed by atoms with E-state index in [2.05, 4.69) is 97.6 Å². The van der Waals surface area contributed by atoms with E-state index in [-0.39, 0.29) is 58.7 Å². The summed E-state index contributed by atoms with van der Waals surface area (Å²) in [5.41, 5.74) is 6.61. The van der Waals surface area contributed by atoms with Crippen molar-refractivity contribution < 1.29 is 27.0 Å². The van der Waals surface area contributed by atoms with Gasteiger partial charge >= 0.3 is 47.8 Å². The van der Waals surface area contributed by atoms with Gasteiger partial charge in [-0.05, 0) is 119 Å². The average molecular weight is 1230 g/mol. The minimum Gasteiger partial charge on any atom is -0.0690 e. The van der Waals surface area contributed by atoms with Crippen molar-refractivity contribution in [2.24, 2.45) is 0 Å². The van der Waals surface area contributed by atoms with Crippen molar-refractivity contribution in [2.45, 2.75) is 216 Å². The first-order chi connectivity index (χ1) is 35.4. The summed E-state index contributed by atoms with van der Waals surface area (Å²) in [5, 5.41) is 4.96. The molecule has 0 aromatic heterocycles. The van der Waals surface area contributed by atoms with Crippen LogP contribution in [0.3, 0.4) is 0 Å². The first kappa shape index (κ1) is 75.1. The van der Waals surface area contributed by atoms with Gasteiger partial charge in [0.2, 0.25) is 0 Å². The van der Waals surface area contributed by atoms with E-state index in [1.54, 1.807) is 10.6 Å². The zero-order valence-electron chi connectivity index (χ0n) is 46.7. The Morgan fingerprint density at radius 1 is 0.440 bits per heavy atom. The minimum atomic E-state index is -0.951. The summed E-state index contributed by atoms with van der Waals surface area (Å²) in [7, 11) is 4.05. The topological polar surface area (TPSA) is 0 Å². The Hall–Kier alpha value is 0.0997. The van der Waals surface area contributed by atoms with E-state index in [0.717, 1.165) is 27.9 Å². The first-order valence-corrected chi connectivity index (χ1v) is 36.0. The SMILES string of the molecule is CC.Cc1[c-]cccc1.Cc1[c-]cccc1.ClC1CCCCC1.ClP(Cl)c1ccccc1.[CH3-].[Cl-].[Cl][Ni].[Mg+2].c1ccc(P(C2CCCCC2)C2CCCCC2)cc1.c1ccc([PH+](C2CCCCC2)C2CCCCC2)cc1. The monoisotopic (exact) mass is 1220 g/mol. The quantitative estimate of drug-likeness (QED) is 0.0659. The number of alkyl halides is 1. The van der Waals surface area contributed by atoms with Crippen LogP contribution in [0.5, 0.6) is 0 Å². The van der Waals surface area contributed by atoms with Crippen LogP contribution < -0.4 is 28.3 Å². The molecule has 0 saturated heterocycles. The van der Waals surface area contributed by atoms with E-state index in [4.69, 9.17) is 34.1 Å². The Kier molecular flexibility index (Phi) is 49.9. The van der Waals surface area contributed by atoms with E-state index >= 15 is 0 Å². The fraction of sp³-hybridized carbons (Fsp3) is 0.523. The second kappa shape index (κ2) is 49.9. The van der Waals surface area contributed by atoms with Crippen molar-refractivity contribution in [3.05, 3.63) is 170 Å². The van der Waals surface area contributed by atoms with Crippen LogP contribution in [-0.4, -0.2) is 51.1 Å². The Morgan fingerprint density at radius 2 is 0.747 bits per heavy atom. The minimum absolute atomic E-state index is 0. The van der Waals surface area contributed by atoms with E-state index in [9.17, 15) is 0 Å². The standard InChI is InChI=1S/2C18H27P.2C7H7.C6H5Cl2P.C6H11Cl.C2H6.CH3.2ClH.Mg.Ni/c2*1-4-10-16(11-5-1)19(17-12-6-2-7-13-17)18-14-8-3-9-15-18;2*1-7-5-3-2-4-6-7;7-9(8)6-4-2-1-3-5-6;7-6-4-2-1-3-5-6;1-2;;;;;/h2*1,4-5,10-11,17-18H,2-3,6-9,12-15H2;2*2-5H,1H3;1-5H;6H,1-5H2;1-2H3;1H3;2*1H;;/q;;2*-1;;;;-1;;;+2;+1/p-1. The molecule has 0 N–H and O–H groups in total. The maximum absolute atomic E-state index is 5.82. The van der Waals surface area contributed by atoms with Gasteiger partial charge in [-0.1, -0.05) is 208 Å². The van der Waals surface area contributed by atoms with Gasteiger partial charge in [0.1, 0.15) is 6.63 Å². The van der Waals surface area contributed by atoms with Crippen molar-refractivity contribution >= 4 is 106 Å². The Balaban J connectivity index is 0.000000905. The van der Waals surface area contributed by atoms with Gasteiger partial charge in [0.05, 0.1) is 16.6 Å². The maximum atomic E-state index is 5.82. The van der Waals surface area contributed by atoms with Crippen LogP contribution in [0.25, 0.3) is 0 Å². The smallest absolute Gasteiger partial charge is 0.0690 e. The molecule has 10 heteroatoms. The van der Waals surface area contributed by atoms with Gasteiger partial charge in [0.25, 0.3) is 0 Å². The molecule has 0 aliphatic heterocycles. The molecule has 0 nitrogen and oxygen atoms in total. The van der Waals surface area contributed by atoms with E-state index in [0.29, 0.717) is 5.38 Å². The van der Waals surface area contributed by atoms with Crippen LogP contribution in [0.2, 0.25) is 0 Å². The number of halogens is 5. The molecule has 10 rings (SSSR count). The second-order valence-electron chi connectivity index (χ2n) is 19.7. The average Bonchev–Trinajstić information content (AvgIpc) is 3.46. The Labute approximate surface area is 514 Å². The van der Waals surface area contributed by atoms with Crippen molar-refractivity contribution in [2.75, 3.05) is 0 Å². The molecule has 0 amide bonds. The maximum Gasteiger partial charge on any atom is 2.00 e. The third-order valence-electron chi connectivity index (χ3n) is 14.4. The third kappa shape index (κ3) is 33.0. The van der Waals surface area contributed by atoms with Gasteiger partial charge < -0.3 is 19.8 Å².